The highest BCUT2D eigenvalue weighted by molar-refractivity contribution is 6.36. The van der Waals surface area contributed by atoms with Crippen molar-refractivity contribution in [2.45, 2.75) is 59.1 Å². The Labute approximate surface area is 268 Å². The Balaban J connectivity index is 1.34. The van der Waals surface area contributed by atoms with Gasteiger partial charge in [0.25, 0.3) is 5.91 Å². The first-order valence-corrected chi connectivity index (χ1v) is 15.7. The Kier molecular flexibility index (Phi) is 7.93. The molecule has 238 valence electrons. The number of nitrogens with zero attached hydrogens (tertiary/aromatic N) is 5. The first-order valence-electron chi connectivity index (χ1n) is 15.4. The van der Waals surface area contributed by atoms with Crippen LogP contribution in [0, 0.1) is 19.3 Å². The number of likely N-dealkylation sites (N-methyl/N-ethyl adjacent to an activating group) is 1. The van der Waals surface area contributed by atoms with E-state index in [1.807, 2.05) is 64.2 Å². The molecular formula is C34H41ClN6O4. The summed E-state index contributed by atoms with van der Waals surface area (Å²) in [6, 6.07) is 9.81. The maximum Gasteiger partial charge on any atom is 0.410 e. The lowest BCUT2D eigenvalue weighted by Crippen LogP contribution is -2.64. The van der Waals surface area contributed by atoms with Crippen molar-refractivity contribution in [2.24, 2.45) is 5.41 Å². The van der Waals surface area contributed by atoms with Crippen LogP contribution in [0.4, 0.5) is 4.79 Å². The summed E-state index contributed by atoms with van der Waals surface area (Å²) in [5.74, 6) is -0.0666. The van der Waals surface area contributed by atoms with Crippen LogP contribution in [0.2, 0.25) is 5.02 Å². The molecule has 1 N–H and O–H groups in total. The predicted octanol–water partition coefficient (Wildman–Crippen LogP) is 6.65. The van der Waals surface area contributed by atoms with Crippen molar-refractivity contribution in [2.75, 3.05) is 40.4 Å². The summed E-state index contributed by atoms with van der Waals surface area (Å²) in [6.07, 6.45) is 3.42. The summed E-state index contributed by atoms with van der Waals surface area (Å²) < 4.78 is 12.8. The van der Waals surface area contributed by atoms with Gasteiger partial charge in [-0.15, -0.1) is 0 Å². The van der Waals surface area contributed by atoms with Crippen molar-refractivity contribution in [3.05, 3.63) is 58.4 Å². The predicted molar refractivity (Wildman–Crippen MR) is 175 cm³/mol. The van der Waals surface area contributed by atoms with Crippen LogP contribution < -0.4 is 0 Å². The average molecular weight is 633 g/mol. The van der Waals surface area contributed by atoms with Crippen molar-refractivity contribution in [3.63, 3.8) is 0 Å². The van der Waals surface area contributed by atoms with E-state index in [-0.39, 0.29) is 23.5 Å². The monoisotopic (exact) mass is 632 g/mol. The largest absolute Gasteiger partial charge is 0.444 e. The third-order valence-corrected chi connectivity index (χ3v) is 9.52. The Morgan fingerprint density at radius 3 is 2.47 bits per heavy atom. The molecule has 2 aromatic heterocycles. The summed E-state index contributed by atoms with van der Waals surface area (Å²) in [4.78, 5) is 29.0. The van der Waals surface area contributed by atoms with E-state index in [1.165, 1.54) is 0 Å². The molecule has 10 nitrogen and oxygen atoms in total. The number of methoxy groups -OCH3 is 1. The van der Waals surface area contributed by atoms with Gasteiger partial charge >= 0.3 is 6.09 Å². The third-order valence-electron chi connectivity index (χ3n) is 9.03. The summed E-state index contributed by atoms with van der Waals surface area (Å²) in [6.45, 7) is 12.1. The highest BCUT2D eigenvalue weighted by atomic mass is 35.5. The number of carbonyl (C=O) groups is 2. The number of aromatic nitrogens is 4. The molecular weight excluding hydrogens is 592 g/mol. The number of hydrogen-bond acceptors (Lipinski definition) is 6. The van der Waals surface area contributed by atoms with E-state index in [9.17, 15) is 9.59 Å². The van der Waals surface area contributed by atoms with Gasteiger partial charge in [-0.2, -0.15) is 10.2 Å². The fraction of sp³-hybridized carbons (Fsp3) is 0.471. The van der Waals surface area contributed by atoms with Gasteiger partial charge in [0.1, 0.15) is 11.3 Å². The molecule has 3 heterocycles. The number of hydrogen-bond donors (Lipinski definition) is 1. The molecule has 2 aromatic carbocycles. The summed E-state index contributed by atoms with van der Waals surface area (Å²) >= 11 is 7.05. The molecule has 11 heteroatoms. The highest BCUT2D eigenvalue weighted by Gasteiger charge is 2.55. The van der Waals surface area contributed by atoms with E-state index in [1.54, 1.807) is 24.0 Å². The molecule has 2 amide bonds. The standard InChI is InChI=1S/C34H41ClN6O4/c1-20-14-26-25(17-36-37-26)28(29(20)35)27-21(2)41(24-15-34(16-24)18-40(19-34)32(43)45-33(3,4)5)38-30(27)22-8-10-23(11-9-22)31(42)39(6)12-13-44-7/h8-11,14,17,24H,12-13,15-16,18-19H2,1-7H3,(H,36,37). The lowest BCUT2D eigenvalue weighted by atomic mass is 9.61. The van der Waals surface area contributed by atoms with Gasteiger partial charge in [-0.05, 0) is 71.2 Å². The Morgan fingerprint density at radius 2 is 1.82 bits per heavy atom. The van der Waals surface area contributed by atoms with E-state index in [4.69, 9.17) is 26.2 Å². The minimum Gasteiger partial charge on any atom is -0.444 e. The SMILES string of the molecule is COCCN(C)C(=O)c1ccc(-c2nn(C3CC4(C3)CN(C(=O)OC(C)(C)C)C4)c(C)c2-c2c(Cl)c(C)cc3[nH]ncc23)cc1. The molecule has 2 fully saturated rings. The smallest absolute Gasteiger partial charge is 0.410 e. The van der Waals surface area contributed by atoms with Crippen molar-refractivity contribution in [1.82, 2.24) is 29.8 Å². The van der Waals surface area contributed by atoms with Gasteiger partial charge in [0.2, 0.25) is 0 Å². The number of rotatable bonds is 7. The van der Waals surface area contributed by atoms with Crippen molar-refractivity contribution < 1.29 is 19.1 Å². The van der Waals surface area contributed by atoms with Gasteiger partial charge in [0.15, 0.2) is 0 Å². The summed E-state index contributed by atoms with van der Waals surface area (Å²) in [7, 11) is 3.40. The van der Waals surface area contributed by atoms with Crippen LogP contribution in [0.3, 0.4) is 0 Å². The number of halogens is 1. The average Bonchev–Trinajstić information content (AvgIpc) is 3.54. The molecule has 1 aliphatic carbocycles. The minimum absolute atomic E-state index is 0.0666. The number of amides is 2. The second-order valence-electron chi connectivity index (χ2n) is 13.7. The normalized spacial score (nSPS) is 16.1. The Morgan fingerprint density at radius 1 is 1.13 bits per heavy atom. The van der Waals surface area contributed by atoms with E-state index in [0.29, 0.717) is 36.8 Å². The number of H-pyrrole nitrogens is 1. The molecule has 4 aromatic rings. The molecule has 1 aliphatic heterocycles. The zero-order valence-electron chi connectivity index (χ0n) is 27.0. The topological polar surface area (TPSA) is 106 Å². The quantitative estimate of drug-likeness (QED) is 0.244. The van der Waals surface area contributed by atoms with E-state index in [0.717, 1.165) is 57.4 Å². The van der Waals surface area contributed by atoms with Gasteiger partial charge in [-0.25, -0.2) is 4.79 Å². The van der Waals surface area contributed by atoms with Crippen LogP contribution in [-0.4, -0.2) is 87.8 Å². The van der Waals surface area contributed by atoms with Crippen LogP contribution in [0.1, 0.15) is 61.3 Å². The van der Waals surface area contributed by atoms with Crippen molar-refractivity contribution in [1.29, 1.82) is 0 Å². The van der Waals surface area contributed by atoms with Gasteiger partial charge in [0.05, 0.1) is 29.4 Å². The Bertz CT molecular complexity index is 1760. The van der Waals surface area contributed by atoms with Crippen molar-refractivity contribution >= 4 is 34.5 Å². The van der Waals surface area contributed by atoms with Gasteiger partial charge in [-0.1, -0.05) is 23.7 Å². The first kappa shape index (κ1) is 31.1. The lowest BCUT2D eigenvalue weighted by molar-refractivity contribution is -0.0930. The maximum absolute atomic E-state index is 13.0. The van der Waals surface area contributed by atoms with Crippen LogP contribution >= 0.6 is 11.6 Å². The molecule has 1 saturated heterocycles. The number of benzene rings is 2. The van der Waals surface area contributed by atoms with Gasteiger partial charge in [0, 0.05) is 72.5 Å². The Hall–Kier alpha value is -3.89. The molecule has 0 unspecified atom stereocenters. The molecule has 1 spiro atoms. The number of aryl methyl sites for hydroxylation is 1. The highest BCUT2D eigenvalue weighted by Crippen LogP contribution is 2.55. The summed E-state index contributed by atoms with van der Waals surface area (Å²) in [5, 5.41) is 14.2. The maximum atomic E-state index is 13.0. The van der Waals surface area contributed by atoms with E-state index < -0.39 is 5.60 Å². The molecule has 1 saturated carbocycles. The molecule has 0 radical (unpaired) electrons. The first-order chi connectivity index (χ1) is 21.3. The number of aromatic amines is 1. The van der Waals surface area contributed by atoms with Crippen LogP contribution in [0.25, 0.3) is 33.3 Å². The van der Waals surface area contributed by atoms with Crippen LogP contribution in [-0.2, 0) is 9.47 Å². The molecule has 0 atom stereocenters. The van der Waals surface area contributed by atoms with Crippen molar-refractivity contribution in [3.8, 4) is 22.4 Å². The molecule has 2 aliphatic rings. The van der Waals surface area contributed by atoms with Gasteiger partial charge in [-0.3, -0.25) is 14.6 Å². The number of nitrogens with one attached hydrogen (secondary N) is 1. The molecule has 45 heavy (non-hydrogen) atoms. The number of fused-ring (bicyclic) bond motifs is 1. The third kappa shape index (κ3) is 5.70. The zero-order valence-corrected chi connectivity index (χ0v) is 27.8. The number of ether oxygens (including phenoxy) is 2. The molecule has 0 bridgehead atoms. The van der Waals surface area contributed by atoms with E-state index in [2.05, 4.69) is 21.8 Å². The van der Waals surface area contributed by atoms with E-state index >= 15 is 0 Å². The number of carbonyl (C=O) groups excluding carboxylic acids is 2. The second-order valence-corrected chi connectivity index (χ2v) is 14.0. The lowest BCUT2D eigenvalue weighted by Gasteiger charge is -2.58. The summed E-state index contributed by atoms with van der Waals surface area (Å²) in [5.41, 5.74) is 6.60. The van der Waals surface area contributed by atoms with Gasteiger partial charge < -0.3 is 19.3 Å². The second kappa shape index (κ2) is 11.5. The fourth-order valence-corrected chi connectivity index (χ4v) is 6.98. The van der Waals surface area contributed by atoms with Crippen LogP contribution in [0.15, 0.2) is 36.5 Å². The fourth-order valence-electron chi connectivity index (χ4n) is 6.73. The molecule has 6 rings (SSSR count). The minimum atomic E-state index is -0.510. The number of likely N-dealkylation sites (tertiary alicyclic amines) is 1. The van der Waals surface area contributed by atoms with Crippen LogP contribution in [0.5, 0.6) is 0 Å². The zero-order chi connectivity index (χ0) is 32.3.